The van der Waals surface area contributed by atoms with E-state index >= 15 is 0 Å². The molecule has 12 heteroatoms. The molecular weight excluding hydrogens is 660 g/mol. The van der Waals surface area contributed by atoms with Gasteiger partial charge < -0.3 is 43.4 Å². The van der Waals surface area contributed by atoms with Crippen molar-refractivity contribution in [1.82, 2.24) is 0 Å². The number of carbonyl (C=O) groups excluding carboxylic acids is 3. The van der Waals surface area contributed by atoms with Gasteiger partial charge in [-0.1, -0.05) is 52.5 Å². The first-order valence-electron chi connectivity index (χ1n) is 19.2. The molecule has 0 amide bonds. The molecule has 0 aromatic heterocycles. The Morgan fingerprint density at radius 1 is 1.00 bits per heavy atom. The molecule has 0 aromatic rings. The van der Waals surface area contributed by atoms with E-state index in [9.17, 15) is 24.6 Å². The Morgan fingerprint density at radius 3 is 2.47 bits per heavy atom. The Balaban J connectivity index is 1.68. The highest BCUT2D eigenvalue weighted by molar-refractivity contribution is 5.83. The Bertz CT molecular complexity index is 1200. The van der Waals surface area contributed by atoms with Gasteiger partial charge in [-0.15, -0.1) is 0 Å². The van der Waals surface area contributed by atoms with Crippen molar-refractivity contribution in [2.24, 2.45) is 5.41 Å². The second-order valence-corrected chi connectivity index (χ2v) is 15.2. The summed E-state index contributed by atoms with van der Waals surface area (Å²) < 4.78 is 42.0. The van der Waals surface area contributed by atoms with Gasteiger partial charge in [0, 0.05) is 30.8 Å². The monoisotopic (exact) mass is 722 g/mol. The second kappa shape index (κ2) is 19.6. The number of rotatable bonds is 9. The van der Waals surface area contributed by atoms with Crippen molar-refractivity contribution in [2.75, 3.05) is 13.7 Å². The quantitative estimate of drug-likeness (QED) is 0.0980. The molecular formula is C39H62O12. The molecule has 12 nitrogen and oxygen atoms in total. The van der Waals surface area contributed by atoms with Crippen LogP contribution in [0.1, 0.15) is 130 Å². The SMILES string of the molecule is CCCCCCCC(=O)O[C@H]1/C(=C/C(=O)OC)C[C@H]2C[C@H]([C@@H](C)O)OC(=O)CCC[C@@H]3CCC[C@H](C[C@@H]4CCO[C@H](/C=C\C(C)(C)[C@]1(O)O2)O4)O3. The molecule has 0 radical (unpaired) electrons. The lowest BCUT2D eigenvalue weighted by atomic mass is 9.74. The average Bonchev–Trinajstić information content (AvgIpc) is 3.08. The van der Waals surface area contributed by atoms with Gasteiger partial charge in [0.15, 0.2) is 12.4 Å². The summed E-state index contributed by atoms with van der Waals surface area (Å²) in [4.78, 5) is 39.0. The van der Waals surface area contributed by atoms with Crippen molar-refractivity contribution >= 4 is 17.9 Å². The van der Waals surface area contributed by atoms with E-state index in [0.29, 0.717) is 19.4 Å². The Hall–Kier alpha value is -2.35. The minimum atomic E-state index is -2.21. The van der Waals surface area contributed by atoms with Gasteiger partial charge in [0.25, 0.3) is 0 Å². The molecule has 4 rings (SSSR count). The fourth-order valence-electron chi connectivity index (χ4n) is 7.45. The first-order chi connectivity index (χ1) is 24.3. The molecule has 0 unspecified atom stereocenters. The van der Waals surface area contributed by atoms with Crippen LogP contribution in [0.5, 0.6) is 0 Å². The number of ether oxygens (including phenoxy) is 7. The van der Waals surface area contributed by atoms with Gasteiger partial charge in [-0.25, -0.2) is 4.79 Å². The van der Waals surface area contributed by atoms with Crippen LogP contribution in [0.3, 0.4) is 0 Å². The van der Waals surface area contributed by atoms with Crippen LogP contribution in [-0.4, -0.2) is 96.6 Å². The van der Waals surface area contributed by atoms with E-state index in [-0.39, 0.29) is 49.6 Å². The minimum absolute atomic E-state index is 0.00601. The van der Waals surface area contributed by atoms with Crippen molar-refractivity contribution in [3.63, 3.8) is 0 Å². The van der Waals surface area contributed by atoms with Crippen LogP contribution in [-0.2, 0) is 47.5 Å². The largest absolute Gasteiger partial charge is 0.466 e. The van der Waals surface area contributed by atoms with Gasteiger partial charge in [-0.3, -0.25) is 9.59 Å². The molecule has 4 aliphatic rings. The van der Waals surface area contributed by atoms with Gasteiger partial charge in [-0.2, -0.15) is 0 Å². The number of esters is 3. The van der Waals surface area contributed by atoms with E-state index in [2.05, 4.69) is 6.92 Å². The lowest BCUT2D eigenvalue weighted by Crippen LogP contribution is -2.62. The number of carbonyl (C=O) groups is 3. The molecule has 51 heavy (non-hydrogen) atoms. The number of aliphatic hydroxyl groups is 2. The first-order valence-corrected chi connectivity index (χ1v) is 19.2. The molecule has 9 atom stereocenters. The average molecular weight is 723 g/mol. The molecule has 3 saturated heterocycles. The zero-order valence-corrected chi connectivity index (χ0v) is 31.3. The number of aliphatic hydroxyl groups excluding tert-OH is 1. The van der Waals surface area contributed by atoms with E-state index in [1.165, 1.54) is 20.1 Å². The van der Waals surface area contributed by atoms with Gasteiger partial charge in [-0.05, 0) is 76.4 Å². The highest BCUT2D eigenvalue weighted by Crippen LogP contribution is 2.47. The number of hydrogen-bond acceptors (Lipinski definition) is 12. The summed E-state index contributed by atoms with van der Waals surface area (Å²) in [5, 5.41) is 23.4. The molecule has 0 aliphatic carbocycles. The maximum absolute atomic E-state index is 13.3. The minimum Gasteiger partial charge on any atom is -0.466 e. The van der Waals surface area contributed by atoms with Crippen LogP contribution >= 0.6 is 0 Å². The maximum Gasteiger partial charge on any atom is 0.330 e. The Labute approximate surface area is 303 Å². The maximum atomic E-state index is 13.3. The topological polar surface area (TPSA) is 156 Å². The summed E-state index contributed by atoms with van der Waals surface area (Å²) in [7, 11) is 1.24. The zero-order valence-electron chi connectivity index (χ0n) is 31.3. The molecule has 290 valence electrons. The number of hydrogen-bond donors (Lipinski definition) is 2. The van der Waals surface area contributed by atoms with Gasteiger partial charge in [0.05, 0.1) is 44.2 Å². The lowest BCUT2D eigenvalue weighted by molar-refractivity contribution is -0.327. The number of unbranched alkanes of at least 4 members (excludes halogenated alkanes) is 4. The highest BCUT2D eigenvalue weighted by atomic mass is 16.7. The van der Waals surface area contributed by atoms with Gasteiger partial charge in [0.1, 0.15) is 6.10 Å². The Kier molecular flexibility index (Phi) is 16.0. The third-order valence-corrected chi connectivity index (χ3v) is 10.6. The number of methoxy groups -OCH3 is 1. The van der Waals surface area contributed by atoms with E-state index in [0.717, 1.165) is 64.2 Å². The van der Waals surface area contributed by atoms with Gasteiger partial charge in [0.2, 0.25) is 5.79 Å². The number of cyclic esters (lactones) is 1. The fourth-order valence-corrected chi connectivity index (χ4v) is 7.45. The summed E-state index contributed by atoms with van der Waals surface area (Å²) in [6, 6.07) is 0. The predicted molar refractivity (Wildman–Crippen MR) is 187 cm³/mol. The molecule has 2 N–H and O–H groups in total. The summed E-state index contributed by atoms with van der Waals surface area (Å²) in [5.41, 5.74) is -0.972. The van der Waals surface area contributed by atoms with Gasteiger partial charge >= 0.3 is 17.9 Å². The summed E-state index contributed by atoms with van der Waals surface area (Å²) >= 11 is 0. The predicted octanol–water partition coefficient (Wildman–Crippen LogP) is 5.74. The molecule has 3 fully saturated rings. The third-order valence-electron chi connectivity index (χ3n) is 10.6. The summed E-state index contributed by atoms with van der Waals surface area (Å²) in [6.07, 6.45) is 10.4. The molecule has 4 heterocycles. The lowest BCUT2D eigenvalue weighted by Gasteiger charge is -2.51. The summed E-state index contributed by atoms with van der Waals surface area (Å²) in [5.74, 6) is -3.88. The van der Waals surface area contributed by atoms with Crippen molar-refractivity contribution in [1.29, 1.82) is 0 Å². The number of fused-ring (bicyclic) bond motifs is 6. The second-order valence-electron chi connectivity index (χ2n) is 15.2. The molecule has 4 aliphatic heterocycles. The fraction of sp³-hybridized carbons (Fsp3) is 0.821. The van der Waals surface area contributed by atoms with Crippen LogP contribution in [0.25, 0.3) is 0 Å². The van der Waals surface area contributed by atoms with Crippen molar-refractivity contribution in [2.45, 2.75) is 185 Å². The van der Waals surface area contributed by atoms with Crippen molar-refractivity contribution in [3.05, 3.63) is 23.8 Å². The van der Waals surface area contributed by atoms with Crippen LogP contribution in [0.15, 0.2) is 23.8 Å². The Morgan fingerprint density at radius 2 is 1.73 bits per heavy atom. The van der Waals surface area contributed by atoms with E-state index in [1.807, 2.05) is 0 Å². The standard InChI is InChI=1S/C39H62O12/c1-6-7-8-9-10-16-34(42)50-37-27(23-35(43)45-5)22-31-25-32(26(2)40)49-33(41)17-12-14-28-13-11-15-29(47-28)24-30-19-21-46-36(48-30)18-20-38(3,4)39(37,44)51-31/h18,20,23,26,28-32,36-37,40,44H,6-17,19,21-22,24-25H2,1-5H3/b20-18-,27-23+/t26-,28+,29-,30+,31+,32-,36+,37+,39-/m1/s1. The smallest absolute Gasteiger partial charge is 0.330 e. The van der Waals surface area contributed by atoms with Crippen LogP contribution in [0.2, 0.25) is 0 Å². The normalized spacial score (nSPS) is 35.5. The molecule has 0 spiro atoms. The van der Waals surface area contributed by atoms with E-state index in [4.69, 9.17) is 33.2 Å². The van der Waals surface area contributed by atoms with Crippen LogP contribution in [0, 0.1) is 5.41 Å². The molecule has 6 bridgehead atoms. The molecule has 0 aromatic carbocycles. The van der Waals surface area contributed by atoms with Crippen LogP contribution < -0.4 is 0 Å². The highest BCUT2D eigenvalue weighted by Gasteiger charge is 2.57. The van der Waals surface area contributed by atoms with Crippen molar-refractivity contribution < 1.29 is 57.8 Å². The van der Waals surface area contributed by atoms with Crippen molar-refractivity contribution in [3.8, 4) is 0 Å². The first kappa shape index (κ1) is 41.4. The third kappa shape index (κ3) is 12.1. The van der Waals surface area contributed by atoms with E-state index < -0.39 is 59.8 Å². The molecule has 0 saturated carbocycles. The van der Waals surface area contributed by atoms with Crippen LogP contribution in [0.4, 0.5) is 0 Å². The zero-order chi connectivity index (χ0) is 37.0. The van der Waals surface area contributed by atoms with E-state index in [1.54, 1.807) is 26.0 Å². The summed E-state index contributed by atoms with van der Waals surface area (Å²) in [6.45, 7) is 7.62.